The van der Waals surface area contributed by atoms with Gasteiger partial charge in [-0.2, -0.15) is 18.2 Å². The fraction of sp³-hybridized carbons (Fsp3) is 0.375. The summed E-state index contributed by atoms with van der Waals surface area (Å²) in [4.78, 5) is 19.2. The number of hydrogen-bond donors (Lipinski definition) is 3. The smallest absolute Gasteiger partial charge is 0.378 e. The first-order valence-electron chi connectivity index (χ1n) is 8.47. The third kappa shape index (κ3) is 4.34. The Labute approximate surface area is 161 Å². The first kappa shape index (κ1) is 18.9. The van der Waals surface area contributed by atoms with Crippen molar-refractivity contribution in [2.24, 2.45) is 0 Å². The molecule has 0 spiro atoms. The van der Waals surface area contributed by atoms with Crippen LogP contribution in [-0.2, 0) is 10.9 Å². The zero-order valence-corrected chi connectivity index (χ0v) is 15.3. The molecule has 3 N–H and O–H groups in total. The Hall–Kier alpha value is -2.44. The quantitative estimate of drug-likeness (QED) is 0.588. The summed E-state index contributed by atoms with van der Waals surface area (Å²) < 4.78 is 44.7. The summed E-state index contributed by atoms with van der Waals surface area (Å²) in [5, 5.41) is 6.76. The zero-order chi connectivity index (χ0) is 19.6. The maximum absolute atomic E-state index is 13.1. The van der Waals surface area contributed by atoms with Gasteiger partial charge in [0.25, 0.3) is 0 Å². The Kier molecular flexibility index (Phi) is 5.33. The number of halogens is 3. The third-order valence-electron chi connectivity index (χ3n) is 3.95. The molecule has 12 heteroatoms. The van der Waals surface area contributed by atoms with E-state index in [-0.39, 0.29) is 10.9 Å². The van der Waals surface area contributed by atoms with E-state index in [1.807, 2.05) is 0 Å². The van der Waals surface area contributed by atoms with Gasteiger partial charge in [-0.05, 0) is 12.1 Å². The van der Waals surface area contributed by atoms with Crippen LogP contribution in [0, 0.1) is 0 Å². The molecule has 1 aliphatic rings. The lowest BCUT2D eigenvalue weighted by molar-refractivity contribution is -0.143. The second-order valence-corrected chi connectivity index (χ2v) is 7.08. The van der Waals surface area contributed by atoms with Gasteiger partial charge < -0.3 is 20.4 Å². The number of pyridine rings is 1. The number of anilines is 1. The molecule has 0 radical (unpaired) electrons. The number of nitrogens with one attached hydrogen (secondary N) is 3. The zero-order valence-electron chi connectivity index (χ0n) is 14.5. The van der Waals surface area contributed by atoms with E-state index in [9.17, 15) is 13.2 Å². The molecule has 1 aliphatic heterocycles. The van der Waals surface area contributed by atoms with Crippen LogP contribution in [0.1, 0.15) is 5.69 Å². The Balaban J connectivity index is 1.49. The molecule has 0 aliphatic carbocycles. The molecule has 1 fully saturated rings. The van der Waals surface area contributed by atoms with Gasteiger partial charge in [0.05, 0.1) is 19.4 Å². The van der Waals surface area contributed by atoms with Crippen LogP contribution in [0.15, 0.2) is 34.4 Å². The lowest BCUT2D eigenvalue weighted by Crippen LogP contribution is -2.45. The second-order valence-electron chi connectivity index (χ2n) is 6.02. The van der Waals surface area contributed by atoms with Crippen LogP contribution in [0.5, 0.6) is 0 Å². The number of alkyl halides is 3. The average Bonchev–Trinajstić information content (AvgIpc) is 3.09. The van der Waals surface area contributed by atoms with Crippen molar-refractivity contribution in [3.05, 3.63) is 30.2 Å². The van der Waals surface area contributed by atoms with E-state index in [4.69, 9.17) is 4.74 Å². The molecule has 148 valence electrons. The van der Waals surface area contributed by atoms with Crippen molar-refractivity contribution in [2.75, 3.05) is 31.6 Å². The first-order chi connectivity index (χ1) is 13.5. The molecular weight excluding hydrogens is 395 g/mol. The van der Waals surface area contributed by atoms with Gasteiger partial charge in [-0.25, -0.2) is 9.97 Å². The molecule has 3 aromatic heterocycles. The van der Waals surface area contributed by atoms with E-state index in [0.717, 1.165) is 24.5 Å². The summed E-state index contributed by atoms with van der Waals surface area (Å²) in [6, 6.07) is 2.96. The molecule has 8 nitrogen and oxygen atoms in total. The third-order valence-corrected chi connectivity index (χ3v) is 4.91. The van der Waals surface area contributed by atoms with Gasteiger partial charge in [0.2, 0.25) is 5.95 Å². The number of fused-ring (bicyclic) bond motifs is 1. The van der Waals surface area contributed by atoms with Crippen LogP contribution in [0.2, 0.25) is 0 Å². The highest BCUT2D eigenvalue weighted by Gasteiger charge is 2.35. The number of hydrogen-bond acceptors (Lipinski definition) is 8. The van der Waals surface area contributed by atoms with Crippen molar-refractivity contribution in [2.45, 2.75) is 22.1 Å². The monoisotopic (exact) mass is 411 g/mol. The van der Waals surface area contributed by atoms with Gasteiger partial charge in [0.15, 0.2) is 17.0 Å². The van der Waals surface area contributed by atoms with Gasteiger partial charge in [-0.1, -0.05) is 11.8 Å². The minimum Gasteiger partial charge on any atom is -0.378 e. The van der Waals surface area contributed by atoms with E-state index in [0.29, 0.717) is 42.0 Å². The van der Waals surface area contributed by atoms with Crippen LogP contribution in [0.25, 0.3) is 11.3 Å². The number of aromatic nitrogens is 5. The molecule has 1 unspecified atom stereocenters. The average molecular weight is 411 g/mol. The van der Waals surface area contributed by atoms with Gasteiger partial charge >= 0.3 is 6.18 Å². The highest BCUT2D eigenvalue weighted by molar-refractivity contribution is 7.99. The molecule has 3 aromatic rings. The SMILES string of the molecule is FC(F)(F)c1ncccc1Sc1cnc2[nH]c(NCC3COCCN3)nc2n1. The van der Waals surface area contributed by atoms with Crippen LogP contribution in [0.4, 0.5) is 19.1 Å². The van der Waals surface area contributed by atoms with Crippen LogP contribution >= 0.6 is 11.8 Å². The number of H-pyrrole nitrogens is 1. The lowest BCUT2D eigenvalue weighted by Gasteiger charge is -2.23. The number of nitrogens with zero attached hydrogens (tertiary/aromatic N) is 4. The van der Waals surface area contributed by atoms with E-state index >= 15 is 0 Å². The molecule has 4 heterocycles. The summed E-state index contributed by atoms with van der Waals surface area (Å²) in [6.45, 7) is 2.70. The van der Waals surface area contributed by atoms with Crippen molar-refractivity contribution in [1.29, 1.82) is 0 Å². The Morgan fingerprint density at radius 1 is 1.29 bits per heavy atom. The highest BCUT2D eigenvalue weighted by atomic mass is 32.2. The number of morpholine rings is 1. The molecule has 28 heavy (non-hydrogen) atoms. The minimum atomic E-state index is -4.54. The molecule has 0 aromatic carbocycles. The maximum Gasteiger partial charge on any atom is 0.434 e. The topological polar surface area (TPSA) is 101 Å². The Morgan fingerprint density at radius 3 is 2.96 bits per heavy atom. The van der Waals surface area contributed by atoms with E-state index in [2.05, 4.69) is 35.6 Å². The van der Waals surface area contributed by atoms with Crippen molar-refractivity contribution >= 4 is 29.0 Å². The summed E-state index contributed by atoms with van der Waals surface area (Å²) in [7, 11) is 0. The van der Waals surface area contributed by atoms with Crippen molar-refractivity contribution in [1.82, 2.24) is 30.2 Å². The summed E-state index contributed by atoms with van der Waals surface area (Å²) in [5.41, 5.74) is -0.187. The molecule has 0 bridgehead atoms. The molecule has 0 saturated carbocycles. The fourth-order valence-corrected chi connectivity index (χ4v) is 3.55. The summed E-state index contributed by atoms with van der Waals surface area (Å²) in [6.07, 6.45) is -2.03. The van der Waals surface area contributed by atoms with Gasteiger partial charge in [0.1, 0.15) is 5.03 Å². The van der Waals surface area contributed by atoms with E-state index in [1.54, 1.807) is 0 Å². The summed E-state index contributed by atoms with van der Waals surface area (Å²) >= 11 is 0.844. The molecular formula is C16H16F3N7OS. The van der Waals surface area contributed by atoms with Crippen molar-refractivity contribution < 1.29 is 17.9 Å². The van der Waals surface area contributed by atoms with Gasteiger partial charge in [-0.3, -0.25) is 4.98 Å². The lowest BCUT2D eigenvalue weighted by atomic mass is 10.3. The highest BCUT2D eigenvalue weighted by Crippen LogP contribution is 2.37. The van der Waals surface area contributed by atoms with Gasteiger partial charge in [0, 0.05) is 30.2 Å². The van der Waals surface area contributed by atoms with Crippen LogP contribution < -0.4 is 10.6 Å². The predicted molar refractivity (Wildman–Crippen MR) is 96.1 cm³/mol. The van der Waals surface area contributed by atoms with E-state index in [1.165, 1.54) is 18.3 Å². The normalized spacial score (nSPS) is 17.8. The maximum atomic E-state index is 13.1. The number of imidazole rings is 1. The van der Waals surface area contributed by atoms with Gasteiger partial charge in [-0.15, -0.1) is 0 Å². The van der Waals surface area contributed by atoms with Crippen molar-refractivity contribution in [3.63, 3.8) is 0 Å². The standard InChI is InChI=1S/C16H16F3N7OS/c17-16(18,19)12-10(2-1-3-21-12)28-11-7-22-13-14(24-11)26-15(25-13)23-6-9-8-27-5-4-20-9/h1-3,7,9,20H,4-6,8H2,(H2,22,23,24,25,26). The number of ether oxygens (including phenoxy) is 1. The fourth-order valence-electron chi connectivity index (χ4n) is 2.68. The molecule has 1 saturated heterocycles. The number of rotatable bonds is 5. The Bertz CT molecular complexity index is 959. The largest absolute Gasteiger partial charge is 0.434 e. The molecule has 1 atom stereocenters. The molecule has 4 rings (SSSR count). The first-order valence-corrected chi connectivity index (χ1v) is 9.28. The van der Waals surface area contributed by atoms with Crippen LogP contribution in [0.3, 0.4) is 0 Å². The number of aromatic amines is 1. The van der Waals surface area contributed by atoms with Crippen molar-refractivity contribution in [3.8, 4) is 0 Å². The van der Waals surface area contributed by atoms with E-state index < -0.39 is 11.9 Å². The minimum absolute atomic E-state index is 0.0408. The second kappa shape index (κ2) is 7.89. The summed E-state index contributed by atoms with van der Waals surface area (Å²) in [5.74, 6) is 0.488. The van der Waals surface area contributed by atoms with Crippen LogP contribution in [-0.4, -0.2) is 57.3 Å². The predicted octanol–water partition coefficient (Wildman–Crippen LogP) is 2.32. The molecule has 0 amide bonds. The Morgan fingerprint density at radius 2 is 2.18 bits per heavy atom.